The van der Waals surface area contributed by atoms with E-state index in [-0.39, 0.29) is 10.4 Å². The van der Waals surface area contributed by atoms with Crippen molar-refractivity contribution < 1.29 is 18.4 Å². The Morgan fingerprint density at radius 3 is 2.67 bits per heavy atom. The van der Waals surface area contributed by atoms with Crippen LogP contribution in [0.5, 0.6) is 5.75 Å². The molecule has 5 nitrogen and oxygen atoms in total. The van der Waals surface area contributed by atoms with Crippen LogP contribution in [0.25, 0.3) is 0 Å². The number of hydrogen-bond donors (Lipinski definition) is 0. The van der Waals surface area contributed by atoms with Gasteiger partial charge in [0.2, 0.25) is 0 Å². The second-order valence-corrected chi connectivity index (χ2v) is 3.20. The molecule has 0 atom stereocenters. The van der Waals surface area contributed by atoms with Gasteiger partial charge in [0.15, 0.2) is 5.75 Å². The number of halogens is 3. The van der Waals surface area contributed by atoms with E-state index in [0.29, 0.717) is 6.07 Å². The minimum atomic E-state index is -2.86. The van der Waals surface area contributed by atoms with Gasteiger partial charge < -0.3 is 14.9 Å². The van der Waals surface area contributed by atoms with Crippen LogP contribution in [-0.2, 0) is 0 Å². The van der Waals surface area contributed by atoms with Gasteiger partial charge in [-0.1, -0.05) is 0 Å². The summed E-state index contributed by atoms with van der Waals surface area (Å²) in [5.41, 5.74) is -0.564. The van der Waals surface area contributed by atoms with Crippen molar-refractivity contribution in [2.75, 3.05) is 7.11 Å². The Kier molecular flexibility index (Phi) is 3.51. The number of ether oxygens (including phenoxy) is 1. The summed E-state index contributed by atoms with van der Waals surface area (Å²) >= 11 is 2.82. The highest BCUT2D eigenvalue weighted by Crippen LogP contribution is 2.36. The normalized spacial score (nSPS) is 10.5. The van der Waals surface area contributed by atoms with Crippen LogP contribution in [0, 0.1) is 10.1 Å². The number of pyridine rings is 1. The Labute approximate surface area is 91.3 Å². The first-order valence-corrected chi connectivity index (χ1v) is 4.43. The number of aromatic nitrogens is 1. The maximum atomic E-state index is 12.5. The van der Waals surface area contributed by atoms with Gasteiger partial charge in [-0.05, 0) is 9.91 Å². The summed E-state index contributed by atoms with van der Waals surface area (Å²) in [5.74, 6) is -0.853. The van der Waals surface area contributed by atoms with Crippen LogP contribution >= 0.6 is 15.9 Å². The molecule has 0 aliphatic carbocycles. The number of nitrogens with zero attached hydrogens (tertiary/aromatic N) is 2. The van der Waals surface area contributed by atoms with Gasteiger partial charge in [-0.2, -0.15) is 0 Å². The van der Waals surface area contributed by atoms with Crippen molar-refractivity contribution in [2.24, 2.45) is 0 Å². The van der Waals surface area contributed by atoms with E-state index in [1.54, 1.807) is 0 Å². The van der Waals surface area contributed by atoms with Gasteiger partial charge in [-0.25, -0.2) is 8.78 Å². The molecule has 0 spiro atoms. The molecule has 1 heterocycles. The molecule has 1 aromatic heterocycles. The van der Waals surface area contributed by atoms with Crippen LogP contribution in [0.2, 0.25) is 0 Å². The summed E-state index contributed by atoms with van der Waals surface area (Å²) in [6.07, 6.45) is -2.86. The van der Waals surface area contributed by atoms with Gasteiger partial charge in [-0.3, -0.25) is 0 Å². The van der Waals surface area contributed by atoms with Crippen molar-refractivity contribution in [3.05, 3.63) is 26.3 Å². The van der Waals surface area contributed by atoms with Gasteiger partial charge in [0.05, 0.1) is 12.7 Å². The highest BCUT2D eigenvalue weighted by Gasteiger charge is 2.24. The minimum absolute atomic E-state index is 0.116. The summed E-state index contributed by atoms with van der Waals surface area (Å²) in [5, 5.41) is 10.4. The highest BCUT2D eigenvalue weighted by molar-refractivity contribution is 9.10. The van der Waals surface area contributed by atoms with E-state index in [0.717, 1.165) is 0 Å². The standard InChI is InChI=1S/C7H5BrF2N2O3/c1-15-5-3(7(9)10)2-4(12(13)14)11-6(5)8/h2,7H,1H3. The number of rotatable bonds is 3. The van der Waals surface area contributed by atoms with E-state index in [1.807, 2.05) is 0 Å². The first-order valence-electron chi connectivity index (χ1n) is 3.64. The Hall–Kier alpha value is -1.31. The highest BCUT2D eigenvalue weighted by atomic mass is 79.9. The van der Waals surface area contributed by atoms with Crippen LogP contribution in [-0.4, -0.2) is 17.0 Å². The third-order valence-corrected chi connectivity index (χ3v) is 2.11. The Balaban J connectivity index is 3.38. The van der Waals surface area contributed by atoms with Crippen molar-refractivity contribution in [3.8, 4) is 5.75 Å². The molecule has 82 valence electrons. The second-order valence-electron chi connectivity index (χ2n) is 2.45. The Bertz CT molecular complexity index is 400. The molecule has 0 aliphatic heterocycles. The smallest absolute Gasteiger partial charge is 0.365 e. The molecule has 0 unspecified atom stereocenters. The number of nitro groups is 1. The van der Waals surface area contributed by atoms with Gasteiger partial charge in [0.1, 0.15) is 0 Å². The molecule has 8 heteroatoms. The number of methoxy groups -OCH3 is 1. The molecule has 15 heavy (non-hydrogen) atoms. The predicted octanol–water partition coefficient (Wildman–Crippen LogP) is 2.70. The van der Waals surface area contributed by atoms with Crippen LogP contribution in [0.3, 0.4) is 0 Å². The molecule has 0 radical (unpaired) electrons. The molecule has 0 aliphatic rings. The lowest BCUT2D eigenvalue weighted by molar-refractivity contribution is -0.389. The summed E-state index contributed by atoms with van der Waals surface area (Å²) in [7, 11) is 1.18. The van der Waals surface area contributed by atoms with Crippen LogP contribution in [0.15, 0.2) is 10.7 Å². The topological polar surface area (TPSA) is 65.3 Å². The van der Waals surface area contributed by atoms with E-state index >= 15 is 0 Å². The molecule has 0 N–H and O–H groups in total. The number of alkyl halides is 2. The van der Waals surface area contributed by atoms with E-state index in [2.05, 4.69) is 25.7 Å². The van der Waals surface area contributed by atoms with E-state index < -0.39 is 22.7 Å². The van der Waals surface area contributed by atoms with Crippen molar-refractivity contribution >= 4 is 21.7 Å². The zero-order valence-electron chi connectivity index (χ0n) is 7.41. The monoisotopic (exact) mass is 282 g/mol. The molecular formula is C7H5BrF2N2O3. The van der Waals surface area contributed by atoms with E-state index in [1.165, 1.54) is 7.11 Å². The van der Waals surface area contributed by atoms with Gasteiger partial charge in [-0.15, -0.1) is 0 Å². The van der Waals surface area contributed by atoms with Gasteiger partial charge >= 0.3 is 5.82 Å². The van der Waals surface area contributed by atoms with Crippen LogP contribution in [0.1, 0.15) is 12.0 Å². The van der Waals surface area contributed by atoms with Gasteiger partial charge in [0.25, 0.3) is 11.0 Å². The van der Waals surface area contributed by atoms with Crippen molar-refractivity contribution in [1.82, 2.24) is 4.98 Å². The molecule has 1 aromatic rings. The fraction of sp³-hybridized carbons (Fsp3) is 0.286. The fourth-order valence-corrected chi connectivity index (χ4v) is 1.54. The molecule has 0 aromatic carbocycles. The number of hydrogen-bond acceptors (Lipinski definition) is 4. The first kappa shape index (κ1) is 11.8. The fourth-order valence-electron chi connectivity index (χ4n) is 0.965. The van der Waals surface area contributed by atoms with E-state index in [4.69, 9.17) is 0 Å². The van der Waals surface area contributed by atoms with Crippen molar-refractivity contribution in [2.45, 2.75) is 6.43 Å². The molecule has 0 bridgehead atoms. The lowest BCUT2D eigenvalue weighted by Crippen LogP contribution is -2.00. The molecular weight excluding hydrogens is 278 g/mol. The molecule has 0 fully saturated rings. The SMILES string of the molecule is COc1c(C(F)F)cc([N+](=O)[O-])nc1Br. The third kappa shape index (κ3) is 2.38. The van der Waals surface area contributed by atoms with Crippen molar-refractivity contribution in [3.63, 3.8) is 0 Å². The van der Waals surface area contributed by atoms with E-state index in [9.17, 15) is 18.9 Å². The lowest BCUT2D eigenvalue weighted by atomic mass is 10.2. The zero-order chi connectivity index (χ0) is 11.6. The quantitative estimate of drug-likeness (QED) is 0.486. The van der Waals surface area contributed by atoms with Crippen LogP contribution in [0.4, 0.5) is 14.6 Å². The van der Waals surface area contributed by atoms with Crippen molar-refractivity contribution in [1.29, 1.82) is 0 Å². The maximum absolute atomic E-state index is 12.5. The summed E-state index contributed by atoms with van der Waals surface area (Å²) < 4.78 is 29.5. The average molecular weight is 283 g/mol. The lowest BCUT2D eigenvalue weighted by Gasteiger charge is -2.06. The summed E-state index contributed by atoms with van der Waals surface area (Å²) in [4.78, 5) is 13.0. The average Bonchev–Trinajstić information content (AvgIpc) is 2.16. The maximum Gasteiger partial charge on any atom is 0.365 e. The molecule has 1 rings (SSSR count). The first-order chi connectivity index (χ1) is 6.97. The molecule has 0 saturated heterocycles. The largest absolute Gasteiger partial charge is 0.491 e. The predicted molar refractivity (Wildman–Crippen MR) is 50.1 cm³/mol. The zero-order valence-corrected chi connectivity index (χ0v) is 8.99. The summed E-state index contributed by atoms with van der Waals surface area (Å²) in [6, 6.07) is 0.689. The third-order valence-electron chi connectivity index (χ3n) is 1.57. The van der Waals surface area contributed by atoms with Gasteiger partial charge in [0, 0.05) is 22.0 Å². The summed E-state index contributed by atoms with van der Waals surface area (Å²) in [6.45, 7) is 0. The second kappa shape index (κ2) is 4.47. The van der Waals surface area contributed by atoms with Crippen LogP contribution < -0.4 is 4.74 Å². The Morgan fingerprint density at radius 1 is 1.67 bits per heavy atom. The minimum Gasteiger partial charge on any atom is -0.491 e. The molecule has 0 saturated carbocycles. The Morgan fingerprint density at radius 2 is 2.27 bits per heavy atom. The molecule has 0 amide bonds.